The Morgan fingerprint density at radius 2 is 1.65 bits per heavy atom. The molecular weight excluding hydrogens is 232 g/mol. The predicted molar refractivity (Wildman–Crippen MR) is 71.5 cm³/mol. The fraction of sp³-hybridized carbons (Fsp3) is 0.133. The lowest BCUT2D eigenvalue weighted by Crippen LogP contribution is -1.96. The molecule has 0 amide bonds. The number of aryl methyl sites for hydroxylation is 2. The van der Waals surface area contributed by atoms with Crippen LogP contribution in [0.2, 0.25) is 0 Å². The molecule has 0 unspecified atom stereocenters. The van der Waals surface area contributed by atoms with Crippen LogP contribution in [0.4, 0.5) is 0 Å². The number of hydrogen-bond donors (Lipinski definition) is 0. The quantitative estimate of drug-likeness (QED) is 0.718. The van der Waals surface area contributed by atoms with Gasteiger partial charge in [0.25, 0.3) is 5.24 Å². The lowest BCUT2D eigenvalue weighted by atomic mass is 9.95. The molecule has 0 aromatic heterocycles. The van der Waals surface area contributed by atoms with Crippen molar-refractivity contribution in [2.24, 2.45) is 0 Å². The summed E-state index contributed by atoms with van der Waals surface area (Å²) in [5.74, 6) is 0. The number of rotatable bonds is 2. The molecular formula is C15H13ClO. The smallest absolute Gasteiger partial charge is 0.253 e. The summed E-state index contributed by atoms with van der Waals surface area (Å²) < 4.78 is 0. The zero-order valence-corrected chi connectivity index (χ0v) is 10.6. The molecule has 17 heavy (non-hydrogen) atoms. The molecule has 0 aliphatic heterocycles. The first-order chi connectivity index (χ1) is 8.09. The van der Waals surface area contributed by atoms with Gasteiger partial charge in [-0.15, -0.1) is 0 Å². The van der Waals surface area contributed by atoms with Crippen LogP contribution in [-0.2, 0) is 0 Å². The standard InChI is InChI=1S/C15H13ClO/c1-10-6-8-12(9-7-10)14-11(2)4-3-5-13(14)15(16)17/h3-9H,1-2H3. The Bertz CT molecular complexity index is 556. The fourth-order valence-electron chi connectivity index (χ4n) is 1.93. The highest BCUT2D eigenvalue weighted by atomic mass is 35.5. The van der Waals surface area contributed by atoms with E-state index in [-0.39, 0.29) is 0 Å². The van der Waals surface area contributed by atoms with E-state index in [1.807, 2.05) is 50.2 Å². The van der Waals surface area contributed by atoms with Crippen molar-refractivity contribution in [2.45, 2.75) is 13.8 Å². The summed E-state index contributed by atoms with van der Waals surface area (Å²) >= 11 is 5.62. The maximum atomic E-state index is 11.4. The van der Waals surface area contributed by atoms with E-state index in [0.717, 1.165) is 16.7 Å². The molecule has 2 aromatic rings. The van der Waals surface area contributed by atoms with Gasteiger partial charge in [-0.25, -0.2) is 0 Å². The maximum absolute atomic E-state index is 11.4. The van der Waals surface area contributed by atoms with Crippen LogP contribution >= 0.6 is 11.6 Å². The van der Waals surface area contributed by atoms with Crippen molar-refractivity contribution in [3.8, 4) is 11.1 Å². The number of carbonyl (C=O) groups is 1. The van der Waals surface area contributed by atoms with E-state index in [2.05, 4.69) is 0 Å². The zero-order chi connectivity index (χ0) is 12.4. The normalized spacial score (nSPS) is 10.3. The van der Waals surface area contributed by atoms with E-state index in [1.165, 1.54) is 5.56 Å². The molecule has 0 spiro atoms. The third-order valence-corrected chi connectivity index (χ3v) is 3.03. The van der Waals surface area contributed by atoms with Crippen molar-refractivity contribution < 1.29 is 4.79 Å². The molecule has 0 aliphatic rings. The zero-order valence-electron chi connectivity index (χ0n) is 9.83. The third-order valence-electron chi connectivity index (χ3n) is 2.82. The molecule has 0 N–H and O–H groups in total. The number of benzene rings is 2. The summed E-state index contributed by atoms with van der Waals surface area (Å²) in [7, 11) is 0. The van der Waals surface area contributed by atoms with E-state index >= 15 is 0 Å². The van der Waals surface area contributed by atoms with E-state index in [0.29, 0.717) is 5.56 Å². The van der Waals surface area contributed by atoms with Gasteiger partial charge in [-0.1, -0.05) is 42.0 Å². The summed E-state index contributed by atoms with van der Waals surface area (Å²) in [6.07, 6.45) is 0. The maximum Gasteiger partial charge on any atom is 0.253 e. The van der Waals surface area contributed by atoms with Crippen LogP contribution in [0.1, 0.15) is 21.5 Å². The first kappa shape index (κ1) is 11.9. The molecule has 0 aliphatic carbocycles. The van der Waals surface area contributed by atoms with Crippen LogP contribution in [-0.4, -0.2) is 5.24 Å². The molecule has 0 saturated heterocycles. The van der Waals surface area contributed by atoms with Gasteiger partial charge in [0.1, 0.15) is 0 Å². The first-order valence-electron chi connectivity index (χ1n) is 5.46. The van der Waals surface area contributed by atoms with Crippen LogP contribution in [0.3, 0.4) is 0 Å². The Balaban J connectivity index is 2.65. The summed E-state index contributed by atoms with van der Waals surface area (Å²) in [5, 5.41) is -0.413. The second-order valence-electron chi connectivity index (χ2n) is 4.14. The molecule has 0 saturated carbocycles. The fourth-order valence-corrected chi connectivity index (χ4v) is 2.09. The lowest BCUT2D eigenvalue weighted by Gasteiger charge is -2.10. The summed E-state index contributed by atoms with van der Waals surface area (Å²) in [5.41, 5.74) is 4.77. The van der Waals surface area contributed by atoms with Gasteiger partial charge in [0.15, 0.2) is 0 Å². The minimum atomic E-state index is -0.413. The van der Waals surface area contributed by atoms with Gasteiger partial charge in [0.05, 0.1) is 0 Å². The van der Waals surface area contributed by atoms with E-state index in [9.17, 15) is 4.79 Å². The number of carbonyl (C=O) groups excluding carboxylic acids is 1. The topological polar surface area (TPSA) is 17.1 Å². The van der Waals surface area contributed by atoms with E-state index < -0.39 is 5.24 Å². The SMILES string of the molecule is Cc1ccc(-c2c(C)cccc2C(=O)Cl)cc1. The molecule has 0 radical (unpaired) electrons. The molecule has 2 heteroatoms. The average Bonchev–Trinajstić information content (AvgIpc) is 2.30. The van der Waals surface area contributed by atoms with Crippen molar-refractivity contribution in [2.75, 3.05) is 0 Å². The minimum absolute atomic E-state index is 0.413. The van der Waals surface area contributed by atoms with Crippen LogP contribution < -0.4 is 0 Å². The minimum Gasteiger partial charge on any atom is -0.276 e. The monoisotopic (exact) mass is 244 g/mol. The molecule has 0 atom stereocenters. The van der Waals surface area contributed by atoms with Crippen molar-refractivity contribution in [1.82, 2.24) is 0 Å². The van der Waals surface area contributed by atoms with Crippen molar-refractivity contribution in [1.29, 1.82) is 0 Å². The Hall–Kier alpha value is -1.60. The number of halogens is 1. The largest absolute Gasteiger partial charge is 0.276 e. The molecule has 0 bridgehead atoms. The van der Waals surface area contributed by atoms with Crippen molar-refractivity contribution in [3.63, 3.8) is 0 Å². The summed E-state index contributed by atoms with van der Waals surface area (Å²) in [6.45, 7) is 4.02. The highest BCUT2D eigenvalue weighted by Gasteiger charge is 2.12. The van der Waals surface area contributed by atoms with Crippen LogP contribution in [0.5, 0.6) is 0 Å². The highest BCUT2D eigenvalue weighted by molar-refractivity contribution is 6.68. The number of hydrogen-bond acceptors (Lipinski definition) is 1. The second kappa shape index (κ2) is 4.72. The molecule has 1 nitrogen and oxygen atoms in total. The van der Waals surface area contributed by atoms with Gasteiger partial charge in [-0.05, 0) is 48.2 Å². The third kappa shape index (κ3) is 2.40. The van der Waals surface area contributed by atoms with Gasteiger partial charge in [0, 0.05) is 5.56 Å². The molecule has 2 rings (SSSR count). The van der Waals surface area contributed by atoms with Crippen LogP contribution in [0.25, 0.3) is 11.1 Å². The van der Waals surface area contributed by atoms with Gasteiger partial charge in [-0.2, -0.15) is 0 Å². The Morgan fingerprint density at radius 1 is 1.00 bits per heavy atom. The van der Waals surface area contributed by atoms with Gasteiger partial charge in [-0.3, -0.25) is 4.79 Å². The van der Waals surface area contributed by atoms with Gasteiger partial charge >= 0.3 is 0 Å². The predicted octanol–water partition coefficient (Wildman–Crippen LogP) is 4.35. The Morgan fingerprint density at radius 3 is 2.24 bits per heavy atom. The van der Waals surface area contributed by atoms with Crippen LogP contribution in [0, 0.1) is 13.8 Å². The van der Waals surface area contributed by atoms with Gasteiger partial charge < -0.3 is 0 Å². The van der Waals surface area contributed by atoms with Crippen molar-refractivity contribution in [3.05, 3.63) is 59.2 Å². The summed E-state index contributed by atoms with van der Waals surface area (Å²) in [6, 6.07) is 13.7. The average molecular weight is 245 g/mol. The molecule has 2 aromatic carbocycles. The molecule has 0 heterocycles. The lowest BCUT2D eigenvalue weighted by molar-refractivity contribution is 0.108. The Kier molecular flexibility index (Phi) is 3.30. The van der Waals surface area contributed by atoms with Gasteiger partial charge in [0.2, 0.25) is 0 Å². The highest BCUT2D eigenvalue weighted by Crippen LogP contribution is 2.28. The van der Waals surface area contributed by atoms with E-state index in [4.69, 9.17) is 11.6 Å². The van der Waals surface area contributed by atoms with E-state index in [1.54, 1.807) is 6.07 Å². The van der Waals surface area contributed by atoms with Crippen molar-refractivity contribution >= 4 is 16.8 Å². The molecule has 0 fully saturated rings. The van der Waals surface area contributed by atoms with Crippen LogP contribution in [0.15, 0.2) is 42.5 Å². The molecule has 86 valence electrons. The Labute approximate surface area is 106 Å². The summed E-state index contributed by atoms with van der Waals surface area (Å²) in [4.78, 5) is 11.4. The second-order valence-corrected chi connectivity index (χ2v) is 4.48. The first-order valence-corrected chi connectivity index (χ1v) is 5.84.